The zero-order valence-corrected chi connectivity index (χ0v) is 12.8. The Morgan fingerprint density at radius 1 is 1.29 bits per heavy atom. The highest BCUT2D eigenvalue weighted by Crippen LogP contribution is 2.55. The van der Waals surface area contributed by atoms with Gasteiger partial charge in [0.15, 0.2) is 0 Å². The average molecular weight is 321 g/mol. The molecule has 0 amide bonds. The fourth-order valence-electron chi connectivity index (χ4n) is 2.38. The van der Waals surface area contributed by atoms with Gasteiger partial charge in [-0.1, -0.05) is 43.7 Å². The van der Waals surface area contributed by atoms with Crippen molar-refractivity contribution in [3.63, 3.8) is 0 Å². The van der Waals surface area contributed by atoms with Gasteiger partial charge in [0, 0.05) is 12.5 Å². The summed E-state index contributed by atoms with van der Waals surface area (Å²) in [5.41, 5.74) is 2.64. The van der Waals surface area contributed by atoms with Crippen molar-refractivity contribution in [1.82, 2.24) is 0 Å². The standard InChI is InChI=1S/C14H22F2NO3P/c1-2-6-12(11-7-4-3-5-8-11)9-13(17)10-14(15,16)21(18,19)20/h3-5,7-8,12-13H,2,6,9-10,17H2,1H3,(H2,18,19,20). The van der Waals surface area contributed by atoms with Crippen LogP contribution in [0.25, 0.3) is 0 Å². The normalized spacial score (nSPS) is 15.7. The molecule has 1 rings (SSSR count). The zero-order chi connectivity index (χ0) is 16.1. The number of alkyl halides is 2. The second-order valence-electron chi connectivity index (χ2n) is 5.31. The largest absolute Gasteiger partial charge is 0.394 e. The Hall–Kier alpha value is -0.810. The van der Waals surface area contributed by atoms with E-state index in [0.717, 1.165) is 18.4 Å². The topological polar surface area (TPSA) is 83.6 Å². The molecule has 120 valence electrons. The molecule has 0 saturated carbocycles. The van der Waals surface area contributed by atoms with Crippen LogP contribution < -0.4 is 5.73 Å². The van der Waals surface area contributed by atoms with E-state index in [-0.39, 0.29) is 12.3 Å². The summed E-state index contributed by atoms with van der Waals surface area (Å²) in [5.74, 6) is 0.0128. The van der Waals surface area contributed by atoms with Gasteiger partial charge in [-0.25, -0.2) is 0 Å². The summed E-state index contributed by atoms with van der Waals surface area (Å²) in [7, 11) is -5.47. The molecule has 0 fully saturated rings. The Morgan fingerprint density at radius 2 is 1.86 bits per heavy atom. The van der Waals surface area contributed by atoms with Gasteiger partial charge in [0.1, 0.15) is 0 Å². The molecule has 1 aromatic rings. The van der Waals surface area contributed by atoms with Crippen molar-refractivity contribution in [3.05, 3.63) is 35.9 Å². The lowest BCUT2D eigenvalue weighted by Gasteiger charge is -2.25. The zero-order valence-electron chi connectivity index (χ0n) is 12.0. The van der Waals surface area contributed by atoms with Crippen LogP contribution in [0.5, 0.6) is 0 Å². The van der Waals surface area contributed by atoms with Gasteiger partial charge in [0.2, 0.25) is 0 Å². The lowest BCUT2D eigenvalue weighted by molar-refractivity contribution is 0.0421. The van der Waals surface area contributed by atoms with E-state index in [1.165, 1.54) is 0 Å². The van der Waals surface area contributed by atoms with Crippen LogP contribution in [-0.4, -0.2) is 21.5 Å². The van der Waals surface area contributed by atoms with Crippen molar-refractivity contribution < 1.29 is 23.1 Å². The van der Waals surface area contributed by atoms with E-state index >= 15 is 0 Å². The summed E-state index contributed by atoms with van der Waals surface area (Å²) < 4.78 is 37.5. The van der Waals surface area contributed by atoms with Crippen LogP contribution in [0.2, 0.25) is 0 Å². The Morgan fingerprint density at radius 3 is 2.33 bits per heavy atom. The van der Waals surface area contributed by atoms with Crippen molar-refractivity contribution in [2.45, 2.75) is 50.2 Å². The fourth-order valence-corrected chi connectivity index (χ4v) is 2.85. The predicted molar refractivity (Wildman–Crippen MR) is 78.3 cm³/mol. The van der Waals surface area contributed by atoms with Gasteiger partial charge >= 0.3 is 13.3 Å². The van der Waals surface area contributed by atoms with Gasteiger partial charge in [-0.2, -0.15) is 8.78 Å². The third-order valence-corrected chi connectivity index (χ3v) is 4.46. The first kappa shape index (κ1) is 18.2. The quantitative estimate of drug-likeness (QED) is 0.640. The monoisotopic (exact) mass is 321 g/mol. The fraction of sp³-hybridized carbons (Fsp3) is 0.571. The van der Waals surface area contributed by atoms with Gasteiger partial charge in [-0.3, -0.25) is 4.57 Å². The van der Waals surface area contributed by atoms with Crippen molar-refractivity contribution in [1.29, 1.82) is 0 Å². The van der Waals surface area contributed by atoms with Crippen LogP contribution >= 0.6 is 7.60 Å². The molecular formula is C14H22F2NO3P. The molecule has 0 saturated heterocycles. The van der Waals surface area contributed by atoms with Crippen molar-refractivity contribution in [2.24, 2.45) is 5.73 Å². The lowest BCUT2D eigenvalue weighted by atomic mass is 9.88. The van der Waals surface area contributed by atoms with E-state index in [4.69, 9.17) is 15.5 Å². The van der Waals surface area contributed by atoms with Gasteiger partial charge in [-0.05, 0) is 24.3 Å². The van der Waals surface area contributed by atoms with Gasteiger partial charge in [-0.15, -0.1) is 0 Å². The molecule has 1 aromatic carbocycles. The van der Waals surface area contributed by atoms with E-state index in [1.54, 1.807) is 0 Å². The third-order valence-electron chi connectivity index (χ3n) is 3.43. The van der Waals surface area contributed by atoms with Crippen LogP contribution in [0.1, 0.15) is 44.1 Å². The predicted octanol–water partition coefficient (Wildman–Crippen LogP) is 3.45. The average Bonchev–Trinajstić information content (AvgIpc) is 2.37. The summed E-state index contributed by atoms with van der Waals surface area (Å²) in [6.07, 6.45) is 0.929. The molecule has 0 aromatic heterocycles. The lowest BCUT2D eigenvalue weighted by Crippen LogP contribution is -2.31. The van der Waals surface area contributed by atoms with Gasteiger partial charge < -0.3 is 15.5 Å². The van der Waals surface area contributed by atoms with Crippen LogP contribution in [0.15, 0.2) is 30.3 Å². The molecule has 2 unspecified atom stereocenters. The Bertz CT molecular complexity index is 478. The molecule has 2 atom stereocenters. The van der Waals surface area contributed by atoms with Crippen molar-refractivity contribution in [2.75, 3.05) is 0 Å². The van der Waals surface area contributed by atoms with Crippen LogP contribution in [-0.2, 0) is 4.57 Å². The van der Waals surface area contributed by atoms with Crippen molar-refractivity contribution >= 4 is 7.60 Å². The summed E-state index contributed by atoms with van der Waals surface area (Å²) in [4.78, 5) is 17.3. The molecule has 21 heavy (non-hydrogen) atoms. The Balaban J connectivity index is 2.74. The number of nitrogens with two attached hydrogens (primary N) is 1. The maximum atomic E-state index is 13.4. The number of rotatable bonds is 8. The van der Waals surface area contributed by atoms with Crippen LogP contribution in [0.3, 0.4) is 0 Å². The van der Waals surface area contributed by atoms with Crippen molar-refractivity contribution in [3.8, 4) is 0 Å². The smallest absolute Gasteiger partial charge is 0.327 e. The summed E-state index contributed by atoms with van der Waals surface area (Å²) in [6.45, 7) is 1.99. The first-order chi connectivity index (χ1) is 9.67. The molecule has 0 aliphatic rings. The molecule has 7 heteroatoms. The van der Waals surface area contributed by atoms with Crippen LogP contribution in [0, 0.1) is 0 Å². The molecule has 0 aliphatic carbocycles. The Kier molecular flexibility index (Phi) is 6.47. The minimum absolute atomic E-state index is 0.0128. The highest BCUT2D eigenvalue weighted by atomic mass is 31.2. The summed E-state index contributed by atoms with van der Waals surface area (Å²) in [5, 5.41) is 0. The van der Waals surface area contributed by atoms with E-state index in [1.807, 2.05) is 37.3 Å². The number of hydrogen-bond donors (Lipinski definition) is 3. The molecule has 4 N–H and O–H groups in total. The van der Waals surface area contributed by atoms with E-state index in [2.05, 4.69) is 0 Å². The number of benzene rings is 1. The minimum atomic E-state index is -5.47. The molecule has 0 heterocycles. The van der Waals surface area contributed by atoms with Gasteiger partial charge in [0.05, 0.1) is 0 Å². The molecule has 4 nitrogen and oxygen atoms in total. The second kappa shape index (κ2) is 7.45. The SMILES string of the molecule is CCCC(CC(N)CC(F)(F)P(=O)(O)O)c1ccccc1. The molecule has 0 aliphatic heterocycles. The first-order valence-electron chi connectivity index (χ1n) is 6.91. The third kappa shape index (κ3) is 5.47. The maximum Gasteiger partial charge on any atom is 0.394 e. The van der Waals surface area contributed by atoms with Gasteiger partial charge in [0.25, 0.3) is 0 Å². The van der Waals surface area contributed by atoms with Crippen LogP contribution in [0.4, 0.5) is 8.78 Å². The maximum absolute atomic E-state index is 13.4. The highest BCUT2D eigenvalue weighted by Gasteiger charge is 2.49. The highest BCUT2D eigenvalue weighted by molar-refractivity contribution is 7.53. The molecule has 0 radical (unpaired) electrons. The molecule has 0 spiro atoms. The minimum Gasteiger partial charge on any atom is -0.327 e. The Labute approximate surface area is 123 Å². The van der Waals surface area contributed by atoms with E-state index in [9.17, 15) is 13.3 Å². The van der Waals surface area contributed by atoms with E-state index < -0.39 is 25.7 Å². The molecule has 0 bridgehead atoms. The van der Waals surface area contributed by atoms with E-state index in [0.29, 0.717) is 0 Å². The molecular weight excluding hydrogens is 299 g/mol. The number of hydrogen-bond acceptors (Lipinski definition) is 2. The summed E-state index contributed by atoms with van der Waals surface area (Å²) >= 11 is 0. The first-order valence-corrected chi connectivity index (χ1v) is 8.52. The number of halogens is 2. The summed E-state index contributed by atoms with van der Waals surface area (Å²) in [6, 6.07) is 8.46. The second-order valence-corrected chi connectivity index (χ2v) is 7.05.